The van der Waals surface area contributed by atoms with E-state index in [1.165, 1.54) is 19.3 Å². The van der Waals surface area contributed by atoms with Crippen LogP contribution in [0.2, 0.25) is 0 Å². The highest BCUT2D eigenvalue weighted by Gasteiger charge is 2.14. The summed E-state index contributed by atoms with van der Waals surface area (Å²) in [4.78, 5) is 0. The second-order valence-corrected chi connectivity index (χ2v) is 3.49. The monoisotopic (exact) mass is 208 g/mol. The Bertz CT molecular complexity index is 250. The van der Waals surface area contributed by atoms with Gasteiger partial charge in [0.25, 0.3) is 0 Å². The maximum absolute atomic E-state index is 2.33. The van der Waals surface area contributed by atoms with Crippen molar-refractivity contribution in [3.8, 4) is 0 Å². The second-order valence-electron chi connectivity index (χ2n) is 3.49. The summed E-state index contributed by atoms with van der Waals surface area (Å²) < 4.78 is 0. The molecule has 0 fully saturated rings. The third-order valence-electron chi connectivity index (χ3n) is 2.67. The van der Waals surface area contributed by atoms with E-state index in [1.54, 1.807) is 11.1 Å². The van der Waals surface area contributed by atoms with Crippen LogP contribution >= 0.6 is 0 Å². The van der Waals surface area contributed by atoms with E-state index in [0.29, 0.717) is 0 Å². The molecule has 0 N–H and O–H groups in total. The van der Waals surface area contributed by atoms with Crippen LogP contribution in [0.3, 0.4) is 0 Å². The van der Waals surface area contributed by atoms with Crippen LogP contribution in [-0.2, 0) is 6.42 Å². The van der Waals surface area contributed by atoms with Crippen LogP contribution in [0.5, 0.6) is 0 Å². The maximum Gasteiger partial charge on any atom is -0.0188 e. The topological polar surface area (TPSA) is 0 Å². The van der Waals surface area contributed by atoms with E-state index in [-0.39, 0.29) is 14.9 Å². The molecule has 1 atom stereocenters. The van der Waals surface area contributed by atoms with Crippen LogP contribution in [0.1, 0.15) is 65.5 Å². The molecule has 2 rings (SSSR count). The van der Waals surface area contributed by atoms with Crippen LogP contribution in [0, 0.1) is 0 Å². The van der Waals surface area contributed by atoms with Crippen molar-refractivity contribution in [2.75, 3.05) is 0 Å². The fourth-order valence-corrected chi connectivity index (χ4v) is 2.00. The van der Waals surface area contributed by atoms with Gasteiger partial charge in [0.05, 0.1) is 0 Å². The Morgan fingerprint density at radius 3 is 2.27 bits per heavy atom. The zero-order valence-corrected chi connectivity index (χ0v) is 9.01. The minimum Gasteiger partial charge on any atom is -0.0776 e. The summed E-state index contributed by atoms with van der Waals surface area (Å²) in [6.45, 7) is 6.33. The Morgan fingerprint density at radius 2 is 1.67 bits per heavy atom. The molecule has 0 saturated carbocycles. The first-order valence-electron chi connectivity index (χ1n) is 5.46. The fourth-order valence-electron chi connectivity index (χ4n) is 2.00. The first-order valence-corrected chi connectivity index (χ1v) is 5.46. The molecule has 0 nitrogen and oxygen atoms in total. The molecule has 1 aromatic rings. The van der Waals surface area contributed by atoms with Gasteiger partial charge in [0, 0.05) is 0 Å². The SMILES string of the molecule is C.C.CC.CC1CCCc2ccccc21. The Balaban J connectivity index is 0. The van der Waals surface area contributed by atoms with Crippen molar-refractivity contribution >= 4 is 0 Å². The lowest BCUT2D eigenvalue weighted by Crippen LogP contribution is -2.05. The Hall–Kier alpha value is -0.780. The molecule has 0 bridgehead atoms. The molecule has 0 heterocycles. The van der Waals surface area contributed by atoms with Crippen molar-refractivity contribution in [1.29, 1.82) is 0 Å². The zero-order valence-electron chi connectivity index (χ0n) is 9.01. The highest BCUT2D eigenvalue weighted by molar-refractivity contribution is 5.31. The summed E-state index contributed by atoms with van der Waals surface area (Å²) in [5, 5.41) is 0. The molecule has 0 radical (unpaired) electrons. The summed E-state index contributed by atoms with van der Waals surface area (Å²) in [6, 6.07) is 8.85. The van der Waals surface area contributed by atoms with Gasteiger partial charge in [-0.25, -0.2) is 0 Å². The Morgan fingerprint density at radius 1 is 1.07 bits per heavy atom. The van der Waals surface area contributed by atoms with Gasteiger partial charge in [0.15, 0.2) is 0 Å². The first kappa shape index (κ1) is 16.6. The lowest BCUT2D eigenvalue weighted by atomic mass is 9.84. The maximum atomic E-state index is 2.33. The predicted molar refractivity (Wildman–Crippen MR) is 72.6 cm³/mol. The fraction of sp³-hybridized carbons (Fsp3) is 0.600. The van der Waals surface area contributed by atoms with Gasteiger partial charge in [-0.05, 0) is 36.3 Å². The van der Waals surface area contributed by atoms with E-state index < -0.39 is 0 Å². The third kappa shape index (κ3) is 4.07. The molecule has 1 unspecified atom stereocenters. The quantitative estimate of drug-likeness (QED) is 0.533. The number of benzene rings is 1. The normalized spacial score (nSPS) is 17.1. The van der Waals surface area contributed by atoms with E-state index >= 15 is 0 Å². The van der Waals surface area contributed by atoms with E-state index in [4.69, 9.17) is 0 Å². The van der Waals surface area contributed by atoms with Gasteiger partial charge in [-0.15, -0.1) is 0 Å². The standard InChI is InChI=1S/C11H14.C2H6.2CH4/c1-9-5-4-7-10-6-2-3-8-11(9)10;1-2;;/h2-3,6,8-9H,4-5,7H2,1H3;1-2H3;2*1H4. The number of fused-ring (bicyclic) bond motifs is 1. The molecule has 0 aromatic heterocycles. The van der Waals surface area contributed by atoms with Crippen LogP contribution in [0.4, 0.5) is 0 Å². The van der Waals surface area contributed by atoms with Crippen LogP contribution in [-0.4, -0.2) is 0 Å². The van der Waals surface area contributed by atoms with Crippen molar-refractivity contribution in [1.82, 2.24) is 0 Å². The smallest absolute Gasteiger partial charge is 0.0188 e. The van der Waals surface area contributed by atoms with Gasteiger partial charge in [0.2, 0.25) is 0 Å². The van der Waals surface area contributed by atoms with Gasteiger partial charge < -0.3 is 0 Å². The molecule has 15 heavy (non-hydrogen) atoms. The van der Waals surface area contributed by atoms with E-state index in [9.17, 15) is 0 Å². The predicted octanol–water partition coefficient (Wildman–Crippen LogP) is 5.42. The van der Waals surface area contributed by atoms with Crippen molar-refractivity contribution in [3.05, 3.63) is 35.4 Å². The first-order chi connectivity index (χ1) is 6.38. The summed E-state index contributed by atoms with van der Waals surface area (Å²) in [7, 11) is 0. The number of rotatable bonds is 0. The van der Waals surface area contributed by atoms with E-state index in [2.05, 4.69) is 31.2 Å². The largest absolute Gasteiger partial charge is 0.0776 e. The van der Waals surface area contributed by atoms with E-state index in [0.717, 1.165) is 5.92 Å². The van der Waals surface area contributed by atoms with Crippen LogP contribution < -0.4 is 0 Å². The van der Waals surface area contributed by atoms with Gasteiger partial charge in [0.1, 0.15) is 0 Å². The molecule has 0 heteroatoms. The summed E-state index contributed by atoms with van der Waals surface area (Å²) >= 11 is 0. The van der Waals surface area contributed by atoms with Gasteiger partial charge >= 0.3 is 0 Å². The average Bonchev–Trinajstić information content (AvgIpc) is 2.22. The average molecular weight is 208 g/mol. The molecule has 1 aliphatic rings. The number of hydrogen-bond donors (Lipinski definition) is 0. The Kier molecular flexibility index (Phi) is 9.46. The minimum atomic E-state index is 0. The van der Waals surface area contributed by atoms with Crippen LogP contribution in [0.15, 0.2) is 24.3 Å². The van der Waals surface area contributed by atoms with Gasteiger partial charge in [-0.1, -0.05) is 59.9 Å². The van der Waals surface area contributed by atoms with Gasteiger partial charge in [-0.3, -0.25) is 0 Å². The third-order valence-corrected chi connectivity index (χ3v) is 2.67. The second kappa shape index (κ2) is 8.52. The molecule has 88 valence electrons. The van der Waals surface area contributed by atoms with Crippen LogP contribution in [0.25, 0.3) is 0 Å². The molecular formula is C15H28. The van der Waals surface area contributed by atoms with E-state index in [1.807, 2.05) is 13.8 Å². The zero-order chi connectivity index (χ0) is 9.68. The van der Waals surface area contributed by atoms with Gasteiger partial charge in [-0.2, -0.15) is 0 Å². The highest BCUT2D eigenvalue weighted by atomic mass is 14.2. The lowest BCUT2D eigenvalue weighted by Gasteiger charge is -2.21. The molecule has 0 amide bonds. The van der Waals surface area contributed by atoms with Crippen molar-refractivity contribution < 1.29 is 0 Å². The summed E-state index contributed by atoms with van der Waals surface area (Å²) in [5.41, 5.74) is 3.16. The molecular weight excluding hydrogens is 180 g/mol. The summed E-state index contributed by atoms with van der Waals surface area (Å²) in [6.07, 6.45) is 4.04. The molecule has 0 saturated heterocycles. The molecule has 1 aromatic carbocycles. The minimum absolute atomic E-state index is 0. The van der Waals surface area contributed by atoms with Crippen molar-refractivity contribution in [2.45, 2.75) is 60.8 Å². The number of hydrogen-bond acceptors (Lipinski definition) is 0. The molecule has 1 aliphatic carbocycles. The molecule has 0 aliphatic heterocycles. The summed E-state index contributed by atoms with van der Waals surface area (Å²) in [5.74, 6) is 0.792. The van der Waals surface area contributed by atoms with Crippen molar-refractivity contribution in [2.24, 2.45) is 0 Å². The van der Waals surface area contributed by atoms with Crippen molar-refractivity contribution in [3.63, 3.8) is 0 Å². The number of aryl methyl sites for hydroxylation is 1. The highest BCUT2D eigenvalue weighted by Crippen LogP contribution is 2.30. The lowest BCUT2D eigenvalue weighted by molar-refractivity contribution is 0.590. The molecule has 0 spiro atoms. The Labute approximate surface area is 96.7 Å².